The van der Waals surface area contributed by atoms with Crippen molar-refractivity contribution in [3.63, 3.8) is 0 Å². The molecular weight excluding hydrogens is 950 g/mol. The van der Waals surface area contributed by atoms with Gasteiger partial charge in [-0.2, -0.15) is 0 Å². The zero-order valence-electron chi connectivity index (χ0n) is 40.4. The minimum Gasteiger partial charge on any atom is -0.458 e. The van der Waals surface area contributed by atoms with E-state index in [1.54, 1.807) is 0 Å². The molecule has 2 aliphatic heterocycles. The Morgan fingerprint density at radius 1 is 0.320 bits per heavy atom. The lowest BCUT2D eigenvalue weighted by Gasteiger charge is -2.40. The third-order valence-electron chi connectivity index (χ3n) is 15.3. The normalized spacial score (nSPS) is 12.6. The Morgan fingerprint density at radius 2 is 0.773 bits per heavy atom. The molecule has 2 aromatic heterocycles. The van der Waals surface area contributed by atoms with Gasteiger partial charge in [-0.05, 0) is 184 Å². The van der Waals surface area contributed by atoms with E-state index in [0.717, 1.165) is 57.0 Å². The molecule has 4 nitrogen and oxygen atoms in total. The highest BCUT2D eigenvalue weighted by Crippen LogP contribution is 2.47. The van der Waals surface area contributed by atoms with E-state index in [9.17, 15) is 0 Å². The number of hydrogen-bond donors (Lipinski definition) is 0. The highest BCUT2D eigenvalue weighted by Gasteiger charge is 2.42. The van der Waals surface area contributed by atoms with Gasteiger partial charge in [-0.15, -0.1) is 22.7 Å². The summed E-state index contributed by atoms with van der Waals surface area (Å²) < 4.78 is 12.2. The molecule has 75 heavy (non-hydrogen) atoms. The second-order valence-electron chi connectivity index (χ2n) is 19.7. The van der Waals surface area contributed by atoms with Crippen LogP contribution in [0.3, 0.4) is 0 Å². The van der Waals surface area contributed by atoms with Crippen LogP contribution in [0.1, 0.15) is 0 Å². The molecule has 0 amide bonds. The Bertz CT molecular complexity index is 4510. The fourth-order valence-electron chi connectivity index (χ4n) is 12.0. The fourth-order valence-corrected chi connectivity index (χ4v) is 14.3. The monoisotopic (exact) mass is 991 g/mol. The van der Waals surface area contributed by atoms with E-state index < -0.39 is 0 Å². The number of fused-ring (bicyclic) bond motifs is 12. The minimum atomic E-state index is -0.0358. The first-order valence-corrected chi connectivity index (χ1v) is 27.1. The van der Waals surface area contributed by atoms with Crippen LogP contribution in [0.5, 0.6) is 11.5 Å². The number of anilines is 9. The fraction of sp³-hybridized carbons (Fsp3) is 0. The third kappa shape index (κ3) is 6.75. The summed E-state index contributed by atoms with van der Waals surface area (Å²) in [5.41, 5.74) is 13.9. The van der Waals surface area contributed by atoms with E-state index in [-0.39, 0.29) is 6.71 Å². The molecule has 4 heterocycles. The molecule has 0 bridgehead atoms. The maximum Gasteiger partial charge on any atom is 0.256 e. The average Bonchev–Trinajstić information content (AvgIpc) is 4.00. The quantitative estimate of drug-likeness (QED) is 0.148. The van der Waals surface area contributed by atoms with Gasteiger partial charge in [0.15, 0.2) is 0 Å². The molecule has 0 saturated carbocycles. The summed E-state index contributed by atoms with van der Waals surface area (Å²) in [5, 5.41) is 9.89. The van der Waals surface area contributed by atoms with Crippen molar-refractivity contribution in [1.82, 2.24) is 0 Å². The van der Waals surface area contributed by atoms with Crippen molar-refractivity contribution in [1.29, 1.82) is 0 Å². The average molecular weight is 992 g/mol. The van der Waals surface area contributed by atoms with Gasteiger partial charge in [-0.25, -0.2) is 0 Å². The number of rotatable bonds is 7. The largest absolute Gasteiger partial charge is 0.458 e. The van der Waals surface area contributed by atoms with Gasteiger partial charge in [0.25, 0.3) is 6.71 Å². The van der Waals surface area contributed by atoms with Crippen molar-refractivity contribution in [3.05, 3.63) is 255 Å². The highest BCUT2D eigenvalue weighted by molar-refractivity contribution is 7.26. The predicted molar refractivity (Wildman–Crippen MR) is 322 cm³/mol. The van der Waals surface area contributed by atoms with Crippen LogP contribution < -0.4 is 35.8 Å². The molecular formula is C68H42BN3OS2. The summed E-state index contributed by atoms with van der Waals surface area (Å²) in [4.78, 5) is 7.14. The van der Waals surface area contributed by atoms with Gasteiger partial charge in [0, 0.05) is 91.5 Å². The molecule has 16 rings (SSSR count). The van der Waals surface area contributed by atoms with Gasteiger partial charge >= 0.3 is 0 Å². The van der Waals surface area contributed by atoms with Gasteiger partial charge in [0.05, 0.1) is 0 Å². The topological polar surface area (TPSA) is 19.0 Å². The molecule has 12 aromatic carbocycles. The summed E-state index contributed by atoms with van der Waals surface area (Å²) >= 11 is 3.77. The van der Waals surface area contributed by atoms with Gasteiger partial charge in [0.2, 0.25) is 0 Å². The summed E-state index contributed by atoms with van der Waals surface area (Å²) in [6.45, 7) is -0.0358. The second kappa shape index (κ2) is 16.7. The van der Waals surface area contributed by atoms with Gasteiger partial charge in [-0.3, -0.25) is 0 Å². The molecule has 2 aliphatic rings. The molecule has 0 unspecified atom stereocenters. The smallest absolute Gasteiger partial charge is 0.256 e. The van der Waals surface area contributed by atoms with Crippen molar-refractivity contribution < 1.29 is 4.74 Å². The number of para-hydroxylation sites is 5. The summed E-state index contributed by atoms with van der Waals surface area (Å²) in [6, 6.07) is 93.1. The van der Waals surface area contributed by atoms with E-state index in [4.69, 9.17) is 4.74 Å². The highest BCUT2D eigenvalue weighted by atomic mass is 32.1. The molecule has 0 radical (unpaired) electrons. The van der Waals surface area contributed by atoms with E-state index in [1.807, 2.05) is 22.7 Å². The summed E-state index contributed by atoms with van der Waals surface area (Å²) in [5.74, 6) is 1.83. The molecule has 7 heteroatoms. The van der Waals surface area contributed by atoms with E-state index in [1.165, 1.54) is 84.0 Å². The van der Waals surface area contributed by atoms with E-state index >= 15 is 0 Å². The number of thiophene rings is 2. The first-order valence-electron chi connectivity index (χ1n) is 25.5. The Hall–Kier alpha value is -9.14. The number of hydrogen-bond acceptors (Lipinski definition) is 6. The number of benzene rings is 12. The zero-order valence-corrected chi connectivity index (χ0v) is 42.0. The lowest BCUT2D eigenvalue weighted by Crippen LogP contribution is -2.59. The first-order chi connectivity index (χ1) is 37.1. The number of ether oxygens (including phenoxy) is 1. The van der Waals surface area contributed by atoms with Crippen LogP contribution in [-0.4, -0.2) is 6.71 Å². The van der Waals surface area contributed by atoms with Crippen molar-refractivity contribution in [3.8, 4) is 11.5 Å². The van der Waals surface area contributed by atoms with Crippen LogP contribution in [0.2, 0.25) is 0 Å². The van der Waals surface area contributed by atoms with Crippen molar-refractivity contribution in [2.24, 2.45) is 0 Å². The van der Waals surface area contributed by atoms with Crippen LogP contribution in [0.4, 0.5) is 51.2 Å². The molecule has 350 valence electrons. The molecule has 0 aliphatic carbocycles. The van der Waals surface area contributed by atoms with Crippen LogP contribution in [0, 0.1) is 0 Å². The summed E-state index contributed by atoms with van der Waals surface area (Å²) in [6.07, 6.45) is 0. The zero-order chi connectivity index (χ0) is 49.1. The van der Waals surface area contributed by atoms with Gasteiger partial charge in [-0.1, -0.05) is 109 Å². The van der Waals surface area contributed by atoms with Crippen LogP contribution in [0.15, 0.2) is 255 Å². The molecule has 14 aromatic rings. The lowest BCUT2D eigenvalue weighted by atomic mass is 9.34. The Labute approximate surface area is 441 Å². The summed E-state index contributed by atoms with van der Waals surface area (Å²) in [7, 11) is 0. The maximum atomic E-state index is 7.10. The SMILES string of the molecule is c1ccc(N(c2ccccc2)c2ccc3cc4c(cc3c2)sc2cc3c(cc24)Oc2cccc4c2B3c2cc3sc5cc6cc(N(c7ccccc7)c7ccccc7)ccc6cc5c3cc2N4c2ccccc2)cc1. The van der Waals surface area contributed by atoms with E-state index in [0.29, 0.717) is 0 Å². The van der Waals surface area contributed by atoms with Crippen LogP contribution in [0.25, 0.3) is 61.9 Å². The third-order valence-corrected chi connectivity index (χ3v) is 17.6. The second-order valence-corrected chi connectivity index (χ2v) is 21.8. The Balaban J connectivity index is 0.854. The molecule has 0 saturated heterocycles. The standard InChI is InChI=1S/C68H42BN3OS2/c1-6-17-47(18-7-1)70(48-19-8-2-9-20-48)52-31-29-43-35-54-56-39-61-58(41-66(56)74-64(54)37-45(43)33-52)69-59-42-67-57(40-63(59)73-62-28-16-27-60(68(62)69)72(61)51-25-14-5-15-26-51)55-36-44-30-32-53(34-46(44)38-65(55)75-67)71(49-21-10-3-11-22-49)50-23-12-4-13-24-50/h1-42H. The molecule has 0 N–H and O–H groups in total. The van der Waals surface area contributed by atoms with Crippen molar-refractivity contribution in [2.45, 2.75) is 0 Å². The first kappa shape index (κ1) is 42.4. The Morgan fingerprint density at radius 3 is 1.29 bits per heavy atom. The Kier molecular flexibility index (Phi) is 9.44. The molecule has 0 fully saturated rings. The van der Waals surface area contributed by atoms with Crippen LogP contribution in [-0.2, 0) is 0 Å². The lowest BCUT2D eigenvalue weighted by molar-refractivity contribution is 0.488. The number of nitrogens with zero attached hydrogens (tertiary/aromatic N) is 3. The van der Waals surface area contributed by atoms with Crippen molar-refractivity contribution in [2.75, 3.05) is 14.7 Å². The maximum absolute atomic E-state index is 7.10. The van der Waals surface area contributed by atoms with Gasteiger partial charge < -0.3 is 19.4 Å². The predicted octanol–water partition coefficient (Wildman–Crippen LogP) is 18.1. The van der Waals surface area contributed by atoms with Gasteiger partial charge in [0.1, 0.15) is 11.5 Å². The minimum absolute atomic E-state index is 0.0358. The molecule has 0 spiro atoms. The molecule has 0 atom stereocenters. The van der Waals surface area contributed by atoms with Crippen LogP contribution >= 0.6 is 22.7 Å². The van der Waals surface area contributed by atoms with Crippen molar-refractivity contribution >= 4 is 159 Å². The van der Waals surface area contributed by atoms with E-state index in [2.05, 4.69) is 269 Å².